The van der Waals surface area contributed by atoms with Gasteiger partial charge in [-0.25, -0.2) is 4.79 Å². The third-order valence-electron chi connectivity index (χ3n) is 3.59. The number of carbonyl (C=O) groups excluding carboxylic acids is 1. The number of amides is 2. The molecule has 0 aliphatic carbocycles. The lowest BCUT2D eigenvalue weighted by Crippen LogP contribution is -2.29. The predicted molar refractivity (Wildman–Crippen MR) is 91.6 cm³/mol. The van der Waals surface area contributed by atoms with Gasteiger partial charge in [-0.15, -0.1) is 10.2 Å². The van der Waals surface area contributed by atoms with Gasteiger partial charge in [0.15, 0.2) is 0 Å². The van der Waals surface area contributed by atoms with Crippen LogP contribution in [0.15, 0.2) is 24.3 Å². The fraction of sp³-hybridized carbons (Fsp3) is 0.400. The van der Waals surface area contributed by atoms with Crippen molar-refractivity contribution in [2.24, 2.45) is 0 Å². The minimum atomic E-state index is -0.348. The van der Waals surface area contributed by atoms with Crippen LogP contribution in [-0.2, 0) is 0 Å². The van der Waals surface area contributed by atoms with E-state index in [0.717, 1.165) is 18.2 Å². The van der Waals surface area contributed by atoms with E-state index < -0.39 is 0 Å². The van der Waals surface area contributed by atoms with E-state index in [2.05, 4.69) is 25.7 Å². The van der Waals surface area contributed by atoms with Crippen molar-refractivity contribution >= 4 is 33.3 Å². The molecule has 0 radical (unpaired) electrons. The number of aromatic nitrogens is 2. The molecule has 2 aromatic rings. The fourth-order valence-electron chi connectivity index (χ4n) is 2.44. The second kappa shape index (κ2) is 7.28. The average Bonchev–Trinajstić information content (AvgIpc) is 3.04. The largest absolute Gasteiger partial charge is 0.497 e. The zero-order chi connectivity index (χ0) is 16.1. The van der Waals surface area contributed by atoms with Crippen molar-refractivity contribution in [3.8, 4) is 5.75 Å². The van der Waals surface area contributed by atoms with Crippen LogP contribution in [0.25, 0.3) is 0 Å². The Kier molecular flexibility index (Phi) is 4.92. The maximum Gasteiger partial charge on any atom is 0.325 e. The first kappa shape index (κ1) is 15.5. The average molecular weight is 333 g/mol. The maximum absolute atomic E-state index is 12.0. The van der Waals surface area contributed by atoms with Crippen molar-refractivity contribution in [2.75, 3.05) is 35.7 Å². The molecule has 1 aromatic carbocycles. The molecule has 2 N–H and O–H groups in total. The van der Waals surface area contributed by atoms with Gasteiger partial charge >= 0.3 is 6.03 Å². The molecule has 122 valence electrons. The van der Waals surface area contributed by atoms with Crippen LogP contribution in [0, 0.1) is 0 Å². The molecular weight excluding hydrogens is 314 g/mol. The van der Waals surface area contributed by atoms with Crippen LogP contribution in [-0.4, -0.2) is 36.4 Å². The molecule has 3 rings (SSSR count). The summed E-state index contributed by atoms with van der Waals surface area (Å²) >= 11 is 1.39. The summed E-state index contributed by atoms with van der Waals surface area (Å²) in [5.41, 5.74) is 0.655. The Morgan fingerprint density at radius 1 is 1.22 bits per heavy atom. The molecule has 7 nitrogen and oxygen atoms in total. The number of carbonyl (C=O) groups is 1. The zero-order valence-corrected chi connectivity index (χ0v) is 13.7. The van der Waals surface area contributed by atoms with Gasteiger partial charge in [-0.2, -0.15) is 0 Å². The Morgan fingerprint density at radius 2 is 2.04 bits per heavy atom. The highest BCUT2D eigenvalue weighted by Crippen LogP contribution is 2.26. The van der Waals surface area contributed by atoms with Gasteiger partial charge in [0.25, 0.3) is 0 Å². The Labute approximate surface area is 138 Å². The summed E-state index contributed by atoms with van der Waals surface area (Å²) in [5.74, 6) is 0.686. The Balaban J connectivity index is 1.58. The molecule has 1 fully saturated rings. The van der Waals surface area contributed by atoms with Crippen molar-refractivity contribution in [1.82, 2.24) is 10.2 Å². The van der Waals surface area contributed by atoms with Gasteiger partial charge in [0.1, 0.15) is 5.75 Å². The molecular formula is C15H19N5O2S. The number of rotatable bonds is 4. The molecule has 0 bridgehead atoms. The predicted octanol–water partition coefficient (Wildman–Crippen LogP) is 3.18. The first-order chi connectivity index (χ1) is 11.2. The van der Waals surface area contributed by atoms with Crippen molar-refractivity contribution in [3.63, 3.8) is 0 Å². The van der Waals surface area contributed by atoms with E-state index in [1.165, 1.54) is 30.6 Å². The molecule has 1 aromatic heterocycles. The first-order valence-corrected chi connectivity index (χ1v) is 8.37. The van der Waals surface area contributed by atoms with Crippen molar-refractivity contribution in [3.05, 3.63) is 24.3 Å². The first-order valence-electron chi connectivity index (χ1n) is 7.55. The SMILES string of the molecule is COc1cccc(NC(=O)Nc2nnc(N3CCCCC3)s2)c1. The summed E-state index contributed by atoms with van der Waals surface area (Å²) in [4.78, 5) is 14.2. The number of hydrogen-bond acceptors (Lipinski definition) is 6. The van der Waals surface area contributed by atoms with Gasteiger partial charge in [-0.05, 0) is 31.4 Å². The number of nitrogens with one attached hydrogen (secondary N) is 2. The molecule has 0 unspecified atom stereocenters. The number of nitrogens with zero attached hydrogens (tertiary/aromatic N) is 3. The molecule has 1 aliphatic rings. The molecule has 0 saturated carbocycles. The number of anilines is 3. The summed E-state index contributed by atoms with van der Waals surface area (Å²) < 4.78 is 5.13. The summed E-state index contributed by atoms with van der Waals surface area (Å²) in [7, 11) is 1.59. The lowest BCUT2D eigenvalue weighted by Gasteiger charge is -2.25. The molecule has 23 heavy (non-hydrogen) atoms. The molecule has 2 amide bonds. The number of methoxy groups -OCH3 is 1. The third kappa shape index (κ3) is 4.10. The third-order valence-corrected chi connectivity index (χ3v) is 4.49. The Morgan fingerprint density at radius 3 is 2.83 bits per heavy atom. The molecule has 1 aliphatic heterocycles. The molecule has 8 heteroatoms. The van der Waals surface area contributed by atoms with E-state index in [-0.39, 0.29) is 6.03 Å². The van der Waals surface area contributed by atoms with Crippen molar-refractivity contribution < 1.29 is 9.53 Å². The topological polar surface area (TPSA) is 79.4 Å². The summed E-state index contributed by atoms with van der Waals surface area (Å²) in [6.45, 7) is 2.01. The standard InChI is InChI=1S/C15H19N5O2S/c1-22-12-7-5-6-11(10-12)16-13(21)17-14-18-19-15(23-14)20-8-3-2-4-9-20/h5-7,10H,2-4,8-9H2,1H3,(H2,16,17,18,21). The van der Waals surface area contributed by atoms with Crippen LogP contribution in [0.1, 0.15) is 19.3 Å². The van der Waals surface area contributed by atoms with Crippen LogP contribution in [0.2, 0.25) is 0 Å². The minimum Gasteiger partial charge on any atom is -0.497 e. The van der Waals surface area contributed by atoms with Gasteiger partial charge in [-0.3, -0.25) is 5.32 Å². The number of urea groups is 1. The van der Waals surface area contributed by atoms with Crippen LogP contribution in [0.4, 0.5) is 20.7 Å². The van der Waals surface area contributed by atoms with Crippen molar-refractivity contribution in [1.29, 1.82) is 0 Å². The Bertz CT molecular complexity index is 669. The van der Waals surface area contributed by atoms with E-state index in [1.807, 2.05) is 12.1 Å². The quantitative estimate of drug-likeness (QED) is 0.898. The second-order valence-electron chi connectivity index (χ2n) is 5.25. The number of ether oxygens (including phenoxy) is 1. The van der Waals surface area contributed by atoms with Gasteiger partial charge in [0.05, 0.1) is 7.11 Å². The fourth-order valence-corrected chi connectivity index (χ4v) is 3.23. The second-order valence-corrected chi connectivity index (χ2v) is 6.20. The highest BCUT2D eigenvalue weighted by molar-refractivity contribution is 7.19. The molecule has 0 atom stereocenters. The molecule has 0 spiro atoms. The maximum atomic E-state index is 12.0. The van der Waals surface area contributed by atoms with Gasteiger partial charge in [0.2, 0.25) is 10.3 Å². The monoisotopic (exact) mass is 333 g/mol. The highest BCUT2D eigenvalue weighted by Gasteiger charge is 2.16. The van der Waals surface area contributed by atoms with Crippen LogP contribution >= 0.6 is 11.3 Å². The molecule has 1 saturated heterocycles. The summed E-state index contributed by atoms with van der Waals surface area (Å²) in [6.07, 6.45) is 3.63. The van der Waals surface area contributed by atoms with E-state index in [9.17, 15) is 4.79 Å². The number of benzene rings is 1. The summed E-state index contributed by atoms with van der Waals surface area (Å²) in [6, 6.07) is 6.83. The number of piperidine rings is 1. The Hall–Kier alpha value is -2.35. The van der Waals surface area contributed by atoms with E-state index in [4.69, 9.17) is 4.74 Å². The van der Waals surface area contributed by atoms with Crippen LogP contribution < -0.4 is 20.3 Å². The van der Waals surface area contributed by atoms with E-state index in [0.29, 0.717) is 16.6 Å². The van der Waals surface area contributed by atoms with Crippen molar-refractivity contribution in [2.45, 2.75) is 19.3 Å². The normalized spacial score (nSPS) is 14.4. The van der Waals surface area contributed by atoms with Crippen LogP contribution in [0.5, 0.6) is 5.75 Å². The summed E-state index contributed by atoms with van der Waals surface area (Å²) in [5, 5.41) is 15.0. The van der Waals surface area contributed by atoms with Crippen LogP contribution in [0.3, 0.4) is 0 Å². The van der Waals surface area contributed by atoms with Gasteiger partial charge in [0, 0.05) is 24.8 Å². The number of hydrogen-bond donors (Lipinski definition) is 2. The van der Waals surface area contributed by atoms with Gasteiger partial charge < -0.3 is 15.0 Å². The zero-order valence-electron chi connectivity index (χ0n) is 12.9. The molecule has 2 heterocycles. The highest BCUT2D eigenvalue weighted by atomic mass is 32.1. The van der Waals surface area contributed by atoms with Gasteiger partial charge in [-0.1, -0.05) is 17.4 Å². The van der Waals surface area contributed by atoms with E-state index >= 15 is 0 Å². The smallest absolute Gasteiger partial charge is 0.325 e. The lowest BCUT2D eigenvalue weighted by atomic mass is 10.1. The lowest BCUT2D eigenvalue weighted by molar-refractivity contribution is 0.262. The minimum absolute atomic E-state index is 0.348. The van der Waals surface area contributed by atoms with E-state index in [1.54, 1.807) is 19.2 Å².